The van der Waals surface area contributed by atoms with Crippen molar-refractivity contribution in [3.63, 3.8) is 0 Å². The molecule has 0 bridgehead atoms. The molecule has 62 valence electrons. The van der Waals surface area contributed by atoms with Crippen molar-refractivity contribution in [2.24, 2.45) is 0 Å². The SMILES string of the molecule is [2H][C@@]1(O)c2ccccc2C=C[C@H]1O. The molecule has 0 heterocycles. The predicted octanol–water partition coefficient (Wildman–Crippen LogP) is 1.11. The summed E-state index contributed by atoms with van der Waals surface area (Å²) in [7, 11) is 0. The predicted molar refractivity (Wildman–Crippen MR) is 46.4 cm³/mol. The van der Waals surface area contributed by atoms with Crippen LogP contribution < -0.4 is 0 Å². The molecule has 2 atom stereocenters. The normalized spacial score (nSPS) is 34.2. The highest BCUT2D eigenvalue weighted by Gasteiger charge is 2.20. The summed E-state index contributed by atoms with van der Waals surface area (Å²) in [5, 5.41) is 19.0. The maximum atomic E-state index is 9.66. The minimum absolute atomic E-state index is 0.449. The van der Waals surface area contributed by atoms with E-state index in [9.17, 15) is 10.2 Å². The Balaban J connectivity index is 2.61. The van der Waals surface area contributed by atoms with Gasteiger partial charge in [0.25, 0.3) is 0 Å². The molecule has 12 heavy (non-hydrogen) atoms. The molecule has 1 aromatic carbocycles. The van der Waals surface area contributed by atoms with Crippen LogP contribution in [-0.2, 0) is 0 Å². The number of hydrogen-bond donors (Lipinski definition) is 2. The molecule has 0 saturated heterocycles. The minimum atomic E-state index is -1.91. The fourth-order valence-electron chi connectivity index (χ4n) is 1.32. The van der Waals surface area contributed by atoms with Crippen molar-refractivity contribution in [3.05, 3.63) is 41.5 Å². The van der Waals surface area contributed by atoms with E-state index in [4.69, 9.17) is 1.37 Å². The van der Waals surface area contributed by atoms with E-state index in [1.165, 1.54) is 6.08 Å². The van der Waals surface area contributed by atoms with Crippen LogP contribution in [0.15, 0.2) is 30.3 Å². The van der Waals surface area contributed by atoms with E-state index in [0.717, 1.165) is 5.56 Å². The van der Waals surface area contributed by atoms with Gasteiger partial charge >= 0.3 is 0 Å². The molecule has 0 spiro atoms. The first kappa shape index (κ1) is 6.40. The third-order valence-corrected chi connectivity index (χ3v) is 1.97. The Kier molecular flexibility index (Phi) is 1.46. The van der Waals surface area contributed by atoms with E-state index in [0.29, 0.717) is 5.56 Å². The van der Waals surface area contributed by atoms with Gasteiger partial charge in [0, 0.05) is 0 Å². The molecule has 0 saturated carbocycles. The lowest BCUT2D eigenvalue weighted by Gasteiger charge is -2.21. The Morgan fingerprint density at radius 2 is 2.00 bits per heavy atom. The average molecular weight is 163 g/mol. The summed E-state index contributed by atoms with van der Waals surface area (Å²) >= 11 is 0. The van der Waals surface area contributed by atoms with Crippen LogP contribution in [0.3, 0.4) is 0 Å². The Labute approximate surface area is 72.2 Å². The summed E-state index contributed by atoms with van der Waals surface area (Å²) in [5.74, 6) is 0. The molecule has 0 fully saturated rings. The topological polar surface area (TPSA) is 40.5 Å². The number of benzene rings is 1. The fourth-order valence-corrected chi connectivity index (χ4v) is 1.32. The lowest BCUT2D eigenvalue weighted by molar-refractivity contribution is 0.0470. The monoisotopic (exact) mass is 163 g/mol. The van der Waals surface area contributed by atoms with E-state index in [-0.39, 0.29) is 0 Å². The van der Waals surface area contributed by atoms with Crippen molar-refractivity contribution in [3.8, 4) is 0 Å². The molecule has 0 radical (unpaired) electrons. The van der Waals surface area contributed by atoms with Crippen LogP contribution in [-0.4, -0.2) is 16.3 Å². The number of rotatable bonds is 0. The molecule has 2 N–H and O–H groups in total. The van der Waals surface area contributed by atoms with Crippen molar-refractivity contribution in [1.82, 2.24) is 0 Å². The van der Waals surface area contributed by atoms with E-state index in [1.54, 1.807) is 24.3 Å². The quantitative estimate of drug-likeness (QED) is 0.601. The van der Waals surface area contributed by atoms with Gasteiger partial charge in [-0.2, -0.15) is 0 Å². The first-order chi connectivity index (χ1) is 6.12. The zero-order valence-corrected chi connectivity index (χ0v) is 6.44. The lowest BCUT2D eigenvalue weighted by atomic mass is 9.93. The minimum Gasteiger partial charge on any atom is -0.386 e. The Bertz CT molecular complexity index is 358. The highest BCUT2D eigenvalue weighted by atomic mass is 16.3. The zero-order valence-electron chi connectivity index (χ0n) is 7.44. The van der Waals surface area contributed by atoms with E-state index in [2.05, 4.69) is 0 Å². The fraction of sp³-hybridized carbons (Fsp3) is 0.200. The summed E-state index contributed by atoms with van der Waals surface area (Å²) in [5.41, 5.74) is 1.23. The number of hydrogen-bond acceptors (Lipinski definition) is 2. The van der Waals surface area contributed by atoms with Crippen molar-refractivity contribution >= 4 is 6.08 Å². The molecule has 1 aliphatic rings. The van der Waals surface area contributed by atoms with Crippen molar-refractivity contribution < 1.29 is 11.6 Å². The van der Waals surface area contributed by atoms with Gasteiger partial charge in [0.2, 0.25) is 0 Å². The number of fused-ring (bicyclic) bond motifs is 1. The Morgan fingerprint density at radius 3 is 2.83 bits per heavy atom. The largest absolute Gasteiger partial charge is 0.386 e. The van der Waals surface area contributed by atoms with Crippen LogP contribution in [0.1, 0.15) is 18.6 Å². The Morgan fingerprint density at radius 1 is 1.25 bits per heavy atom. The summed E-state index contributed by atoms with van der Waals surface area (Å²) in [4.78, 5) is 0. The molecule has 0 unspecified atom stereocenters. The van der Waals surface area contributed by atoms with Crippen LogP contribution >= 0.6 is 0 Å². The highest BCUT2D eigenvalue weighted by Crippen LogP contribution is 2.27. The second-order valence-corrected chi connectivity index (χ2v) is 2.78. The molecule has 1 aliphatic carbocycles. The van der Waals surface area contributed by atoms with Crippen molar-refractivity contribution in [1.29, 1.82) is 0 Å². The smallest absolute Gasteiger partial charge is 0.109 e. The summed E-state index contributed by atoms with van der Waals surface area (Å²) < 4.78 is 7.57. The second-order valence-electron chi connectivity index (χ2n) is 2.78. The molecular formula is C10H10O2. The van der Waals surface area contributed by atoms with Gasteiger partial charge in [-0.1, -0.05) is 36.4 Å². The van der Waals surface area contributed by atoms with Gasteiger partial charge in [0.15, 0.2) is 0 Å². The van der Waals surface area contributed by atoms with E-state index >= 15 is 0 Å². The van der Waals surface area contributed by atoms with Crippen LogP contribution in [0.2, 0.25) is 0 Å². The summed E-state index contributed by atoms with van der Waals surface area (Å²) in [6, 6.07) is 7.02. The maximum Gasteiger partial charge on any atom is 0.109 e. The van der Waals surface area contributed by atoms with Gasteiger partial charge in [-0.05, 0) is 11.1 Å². The molecule has 2 rings (SSSR count). The second kappa shape index (κ2) is 2.73. The van der Waals surface area contributed by atoms with Crippen molar-refractivity contribution in [2.45, 2.75) is 12.2 Å². The number of aliphatic hydroxyl groups is 2. The maximum absolute atomic E-state index is 9.66. The van der Waals surface area contributed by atoms with Crippen LogP contribution in [0.4, 0.5) is 0 Å². The van der Waals surface area contributed by atoms with Gasteiger partial charge in [0.05, 0.1) is 1.37 Å². The molecule has 0 amide bonds. The lowest BCUT2D eigenvalue weighted by Crippen LogP contribution is -2.19. The third-order valence-electron chi connectivity index (χ3n) is 1.97. The average Bonchev–Trinajstić information content (AvgIpc) is 2.13. The molecule has 1 aromatic rings. The van der Waals surface area contributed by atoms with Gasteiger partial charge in [0.1, 0.15) is 12.2 Å². The summed E-state index contributed by atoms with van der Waals surface area (Å²) in [6.45, 7) is 0. The van der Waals surface area contributed by atoms with Gasteiger partial charge < -0.3 is 10.2 Å². The summed E-state index contributed by atoms with van der Waals surface area (Å²) in [6.07, 6.45) is 0.0753. The number of aliphatic hydroxyl groups excluding tert-OH is 1. The van der Waals surface area contributed by atoms with Gasteiger partial charge in [-0.25, -0.2) is 0 Å². The van der Waals surface area contributed by atoms with Crippen LogP contribution in [0, 0.1) is 0 Å². The first-order valence-corrected chi connectivity index (χ1v) is 3.80. The van der Waals surface area contributed by atoms with Crippen molar-refractivity contribution in [2.75, 3.05) is 0 Å². The molecule has 2 nitrogen and oxygen atoms in total. The molecule has 0 aliphatic heterocycles. The molecule has 0 aromatic heterocycles. The standard InChI is InChI=1S/C10H10O2/c11-9-6-5-7-3-1-2-4-8(7)10(9)12/h1-6,9-12H/t9-,10-/m1/s1/i10D. The zero-order chi connectivity index (χ0) is 9.47. The van der Waals surface area contributed by atoms with E-state index < -0.39 is 12.2 Å². The first-order valence-electron chi connectivity index (χ1n) is 4.30. The van der Waals surface area contributed by atoms with E-state index in [1.807, 2.05) is 6.07 Å². The van der Waals surface area contributed by atoms with Gasteiger partial charge in [-0.15, -0.1) is 0 Å². The van der Waals surface area contributed by atoms with Crippen LogP contribution in [0.25, 0.3) is 6.08 Å². The molecular weight excluding hydrogens is 152 g/mol. The highest BCUT2D eigenvalue weighted by molar-refractivity contribution is 5.58. The third kappa shape index (κ3) is 1.05. The van der Waals surface area contributed by atoms with Gasteiger partial charge in [-0.3, -0.25) is 0 Å². The molecule has 2 heteroatoms. The van der Waals surface area contributed by atoms with Crippen LogP contribution in [0.5, 0.6) is 0 Å². The Hall–Kier alpha value is -1.12.